The molecule has 1 aliphatic carbocycles. The van der Waals surface area contributed by atoms with Gasteiger partial charge in [0.2, 0.25) is 0 Å². The number of amides is 1. The summed E-state index contributed by atoms with van der Waals surface area (Å²) in [5.74, 6) is -0.0108. The largest absolute Gasteiger partial charge is 0.374 e. The van der Waals surface area contributed by atoms with Gasteiger partial charge in [-0.1, -0.05) is 23.2 Å². The van der Waals surface area contributed by atoms with Gasteiger partial charge in [-0.3, -0.25) is 4.79 Å². The Kier molecular flexibility index (Phi) is 3.54. The third-order valence-corrected chi connectivity index (χ3v) is 5.12. The molecule has 1 aromatic heterocycles. The average molecular weight is 306 g/mol. The molecule has 0 unspecified atom stereocenters. The van der Waals surface area contributed by atoms with E-state index in [1.807, 2.05) is 4.90 Å². The van der Waals surface area contributed by atoms with Crippen LogP contribution in [0, 0.1) is 0 Å². The fourth-order valence-corrected chi connectivity index (χ4v) is 4.27. The van der Waals surface area contributed by atoms with Crippen LogP contribution in [0.2, 0.25) is 8.67 Å². The first-order valence-electron chi connectivity index (χ1n) is 6.04. The summed E-state index contributed by atoms with van der Waals surface area (Å²) in [6.07, 6.45) is 3.39. The molecule has 1 amide bonds. The van der Waals surface area contributed by atoms with Gasteiger partial charge < -0.3 is 9.64 Å². The lowest BCUT2D eigenvalue weighted by Gasteiger charge is -2.37. The maximum Gasteiger partial charge on any atom is 0.256 e. The monoisotopic (exact) mass is 305 g/mol. The SMILES string of the molecule is O=C(c1cc(Cl)sc1Cl)N1CCO[C@H]2CCC[C@@H]21. The zero-order valence-corrected chi connectivity index (χ0v) is 12.0. The van der Waals surface area contributed by atoms with E-state index in [1.54, 1.807) is 6.07 Å². The molecule has 0 radical (unpaired) electrons. The first-order valence-corrected chi connectivity index (χ1v) is 7.61. The lowest BCUT2D eigenvalue weighted by molar-refractivity contribution is -0.0445. The summed E-state index contributed by atoms with van der Waals surface area (Å²) in [6.45, 7) is 1.26. The van der Waals surface area contributed by atoms with Crippen molar-refractivity contribution < 1.29 is 9.53 Å². The molecule has 18 heavy (non-hydrogen) atoms. The van der Waals surface area contributed by atoms with Crippen molar-refractivity contribution in [1.29, 1.82) is 0 Å². The number of morpholine rings is 1. The first-order chi connectivity index (χ1) is 8.66. The number of carbonyl (C=O) groups is 1. The summed E-state index contributed by atoms with van der Waals surface area (Å²) in [6, 6.07) is 1.87. The van der Waals surface area contributed by atoms with Crippen LogP contribution in [0.4, 0.5) is 0 Å². The molecule has 6 heteroatoms. The highest BCUT2D eigenvalue weighted by Gasteiger charge is 2.39. The fourth-order valence-electron chi connectivity index (χ4n) is 2.82. The van der Waals surface area contributed by atoms with E-state index in [1.165, 1.54) is 11.3 Å². The van der Waals surface area contributed by atoms with Crippen LogP contribution in [-0.4, -0.2) is 36.1 Å². The third kappa shape index (κ3) is 2.16. The van der Waals surface area contributed by atoms with Gasteiger partial charge in [-0.25, -0.2) is 0 Å². The fraction of sp³-hybridized carbons (Fsp3) is 0.583. The van der Waals surface area contributed by atoms with Crippen LogP contribution in [0.25, 0.3) is 0 Å². The zero-order chi connectivity index (χ0) is 12.7. The van der Waals surface area contributed by atoms with E-state index >= 15 is 0 Å². The van der Waals surface area contributed by atoms with Gasteiger partial charge in [-0.05, 0) is 25.3 Å². The molecule has 2 aliphatic rings. The van der Waals surface area contributed by atoms with Gasteiger partial charge >= 0.3 is 0 Å². The van der Waals surface area contributed by atoms with Crippen molar-refractivity contribution in [2.75, 3.05) is 13.2 Å². The maximum absolute atomic E-state index is 12.5. The highest BCUT2D eigenvalue weighted by atomic mass is 35.5. The summed E-state index contributed by atoms with van der Waals surface area (Å²) in [5.41, 5.74) is 0.527. The molecule has 98 valence electrons. The van der Waals surface area contributed by atoms with E-state index in [-0.39, 0.29) is 18.1 Å². The molecular formula is C12H13Cl2NO2S. The van der Waals surface area contributed by atoms with Crippen molar-refractivity contribution in [3.05, 3.63) is 20.3 Å². The minimum absolute atomic E-state index is 0.0108. The highest BCUT2D eigenvalue weighted by Crippen LogP contribution is 2.35. The van der Waals surface area contributed by atoms with Gasteiger partial charge in [-0.2, -0.15) is 0 Å². The standard InChI is InChI=1S/C12H13Cl2NO2S/c13-10-6-7(11(14)18-10)12(16)15-4-5-17-9-3-1-2-8(9)15/h6,8-9H,1-5H2/t8-,9-/m0/s1. The molecule has 2 atom stereocenters. The van der Waals surface area contributed by atoms with Gasteiger partial charge in [0, 0.05) is 6.54 Å². The lowest BCUT2D eigenvalue weighted by Crippen LogP contribution is -2.51. The first kappa shape index (κ1) is 12.7. The van der Waals surface area contributed by atoms with Crippen molar-refractivity contribution in [2.24, 2.45) is 0 Å². The number of hydrogen-bond donors (Lipinski definition) is 0. The predicted molar refractivity (Wildman–Crippen MR) is 72.8 cm³/mol. The molecule has 2 fully saturated rings. The molecule has 1 saturated carbocycles. The Hall–Kier alpha value is -0.290. The van der Waals surface area contributed by atoms with Crippen molar-refractivity contribution in [2.45, 2.75) is 31.4 Å². The molecule has 0 aromatic carbocycles. The molecule has 3 nitrogen and oxygen atoms in total. The second-order valence-corrected chi connectivity index (χ2v) is 6.93. The number of nitrogens with zero attached hydrogens (tertiary/aromatic N) is 1. The molecule has 0 spiro atoms. The number of thiophene rings is 1. The minimum Gasteiger partial charge on any atom is -0.374 e. The van der Waals surface area contributed by atoms with Crippen LogP contribution in [0.5, 0.6) is 0 Å². The Labute approximate surface area is 120 Å². The Morgan fingerprint density at radius 1 is 1.44 bits per heavy atom. The highest BCUT2D eigenvalue weighted by molar-refractivity contribution is 7.20. The summed E-state index contributed by atoms with van der Waals surface area (Å²) >= 11 is 13.2. The van der Waals surface area contributed by atoms with Crippen molar-refractivity contribution in [1.82, 2.24) is 4.90 Å². The van der Waals surface area contributed by atoms with Crippen LogP contribution < -0.4 is 0 Å². The average Bonchev–Trinajstić information content (AvgIpc) is 2.94. The second-order valence-electron chi connectivity index (χ2n) is 4.64. The Bertz CT molecular complexity index is 477. The maximum atomic E-state index is 12.5. The van der Waals surface area contributed by atoms with Crippen LogP contribution >= 0.6 is 34.5 Å². The number of carbonyl (C=O) groups excluding carboxylic acids is 1. The molecule has 3 rings (SSSR count). The molecule has 2 heterocycles. The zero-order valence-electron chi connectivity index (χ0n) is 9.70. The van der Waals surface area contributed by atoms with E-state index in [4.69, 9.17) is 27.9 Å². The predicted octanol–water partition coefficient (Wildman–Crippen LogP) is 3.45. The van der Waals surface area contributed by atoms with Crippen LogP contribution in [0.1, 0.15) is 29.6 Å². The third-order valence-electron chi connectivity index (χ3n) is 3.63. The van der Waals surface area contributed by atoms with Gasteiger partial charge in [0.05, 0.1) is 28.7 Å². The van der Waals surface area contributed by atoms with Crippen molar-refractivity contribution in [3.63, 3.8) is 0 Å². The van der Waals surface area contributed by atoms with E-state index < -0.39 is 0 Å². The van der Waals surface area contributed by atoms with Gasteiger partial charge in [0.1, 0.15) is 4.34 Å². The van der Waals surface area contributed by atoms with Crippen molar-refractivity contribution >= 4 is 40.4 Å². The van der Waals surface area contributed by atoms with Crippen LogP contribution in [0.3, 0.4) is 0 Å². The molecule has 0 bridgehead atoms. The number of halogens is 2. The lowest BCUT2D eigenvalue weighted by atomic mass is 10.1. The Balaban J connectivity index is 1.85. The molecular weight excluding hydrogens is 293 g/mol. The van der Waals surface area contributed by atoms with Crippen molar-refractivity contribution in [3.8, 4) is 0 Å². The number of rotatable bonds is 1. The number of hydrogen-bond acceptors (Lipinski definition) is 3. The Morgan fingerprint density at radius 3 is 3.00 bits per heavy atom. The number of fused-ring (bicyclic) bond motifs is 1. The van der Waals surface area contributed by atoms with Crippen LogP contribution in [-0.2, 0) is 4.74 Å². The summed E-state index contributed by atoms with van der Waals surface area (Å²) < 4.78 is 6.74. The van der Waals surface area contributed by atoms with E-state index in [9.17, 15) is 4.79 Å². The minimum atomic E-state index is -0.0108. The van der Waals surface area contributed by atoms with E-state index in [0.717, 1.165) is 19.3 Å². The number of ether oxygens (including phenoxy) is 1. The summed E-state index contributed by atoms with van der Waals surface area (Å²) in [4.78, 5) is 14.4. The molecule has 1 saturated heterocycles. The van der Waals surface area contributed by atoms with Gasteiger partial charge in [-0.15, -0.1) is 11.3 Å². The van der Waals surface area contributed by atoms with Gasteiger partial charge in [0.25, 0.3) is 5.91 Å². The smallest absolute Gasteiger partial charge is 0.256 e. The van der Waals surface area contributed by atoms with E-state index in [0.29, 0.717) is 27.4 Å². The second kappa shape index (κ2) is 5.00. The summed E-state index contributed by atoms with van der Waals surface area (Å²) in [5, 5.41) is 0. The Morgan fingerprint density at radius 2 is 2.28 bits per heavy atom. The molecule has 0 N–H and O–H groups in total. The molecule has 1 aromatic rings. The molecule has 1 aliphatic heterocycles. The summed E-state index contributed by atoms with van der Waals surface area (Å²) in [7, 11) is 0. The normalized spacial score (nSPS) is 27.3. The van der Waals surface area contributed by atoms with Gasteiger partial charge in [0.15, 0.2) is 0 Å². The van der Waals surface area contributed by atoms with Crippen LogP contribution in [0.15, 0.2) is 6.07 Å². The quantitative estimate of drug-likeness (QED) is 0.795. The topological polar surface area (TPSA) is 29.5 Å². The van der Waals surface area contributed by atoms with E-state index in [2.05, 4.69) is 0 Å².